The Bertz CT molecular complexity index is 1090. The zero-order valence-electron chi connectivity index (χ0n) is 17.0. The Kier molecular flexibility index (Phi) is 6.46. The van der Waals surface area contributed by atoms with Gasteiger partial charge in [0.05, 0.1) is 11.1 Å². The average molecular weight is 409 g/mol. The maximum Gasteiger partial charge on any atom is 0.339 e. The lowest BCUT2D eigenvalue weighted by molar-refractivity contribution is -0.123. The molecule has 3 amide bonds. The molecule has 1 aromatic carbocycles. The summed E-state index contributed by atoms with van der Waals surface area (Å²) in [5.74, 6) is -0.178. The summed E-state index contributed by atoms with van der Waals surface area (Å²) in [5.41, 5.74) is 1.32. The van der Waals surface area contributed by atoms with Crippen molar-refractivity contribution < 1.29 is 23.5 Å². The molecule has 8 heteroatoms. The number of rotatable bonds is 6. The van der Waals surface area contributed by atoms with Crippen LogP contribution in [0.25, 0.3) is 22.4 Å². The van der Waals surface area contributed by atoms with Crippen LogP contribution in [0.5, 0.6) is 0 Å². The first-order valence-electron chi connectivity index (χ1n) is 9.61. The van der Waals surface area contributed by atoms with Crippen molar-refractivity contribution >= 4 is 28.8 Å². The first-order valence-corrected chi connectivity index (χ1v) is 9.61. The van der Waals surface area contributed by atoms with Crippen LogP contribution in [-0.4, -0.2) is 35.5 Å². The molecule has 0 aliphatic heterocycles. The number of imide groups is 1. The second-order valence-corrected chi connectivity index (χ2v) is 6.89. The van der Waals surface area contributed by atoms with Gasteiger partial charge >= 0.3 is 12.0 Å². The third-order valence-corrected chi connectivity index (χ3v) is 4.51. The van der Waals surface area contributed by atoms with Crippen LogP contribution < -0.4 is 10.6 Å². The predicted molar refractivity (Wildman–Crippen MR) is 111 cm³/mol. The van der Waals surface area contributed by atoms with Crippen LogP contribution >= 0.6 is 0 Å². The molecule has 0 saturated heterocycles. The molecular weight excluding hydrogens is 386 g/mol. The summed E-state index contributed by atoms with van der Waals surface area (Å²) in [6.45, 7) is 4.96. The molecule has 0 saturated carbocycles. The van der Waals surface area contributed by atoms with Gasteiger partial charge in [-0.1, -0.05) is 25.1 Å². The minimum absolute atomic E-state index is 0.0767. The quantitative estimate of drug-likeness (QED) is 0.602. The number of benzene rings is 1. The van der Waals surface area contributed by atoms with E-state index in [1.165, 1.54) is 0 Å². The molecule has 2 aromatic heterocycles. The van der Waals surface area contributed by atoms with E-state index < -0.39 is 24.5 Å². The number of ether oxygens (including phenoxy) is 1. The first kappa shape index (κ1) is 21.0. The van der Waals surface area contributed by atoms with E-state index in [-0.39, 0.29) is 11.6 Å². The minimum atomic E-state index is -0.718. The molecule has 2 N–H and O–H groups in total. The molecule has 3 rings (SSSR count). The number of hydrogen-bond acceptors (Lipinski definition) is 6. The van der Waals surface area contributed by atoms with Gasteiger partial charge in [0.25, 0.3) is 5.91 Å². The van der Waals surface area contributed by atoms with Crippen molar-refractivity contribution in [2.24, 2.45) is 0 Å². The second kappa shape index (κ2) is 9.21. The molecule has 8 nitrogen and oxygen atoms in total. The van der Waals surface area contributed by atoms with Crippen molar-refractivity contribution in [1.82, 2.24) is 15.6 Å². The molecule has 0 fully saturated rings. The summed E-state index contributed by atoms with van der Waals surface area (Å²) >= 11 is 0. The monoisotopic (exact) mass is 409 g/mol. The van der Waals surface area contributed by atoms with Gasteiger partial charge in [-0.25, -0.2) is 14.6 Å². The summed E-state index contributed by atoms with van der Waals surface area (Å²) in [6, 6.07) is 11.5. The number of amides is 3. The SMILES string of the molecule is CC[C@H](C)NC(=O)NC(=O)COC(=O)c1cc(-c2ccc(C)o2)nc2ccccc12. The largest absolute Gasteiger partial charge is 0.460 e. The van der Waals surface area contributed by atoms with E-state index in [1.807, 2.05) is 26.8 Å². The lowest BCUT2D eigenvalue weighted by Gasteiger charge is -2.12. The van der Waals surface area contributed by atoms with Crippen LogP contribution in [0.3, 0.4) is 0 Å². The van der Waals surface area contributed by atoms with Crippen molar-refractivity contribution in [3.8, 4) is 11.5 Å². The number of nitrogens with zero attached hydrogens (tertiary/aromatic N) is 1. The Labute approximate surface area is 173 Å². The van der Waals surface area contributed by atoms with E-state index >= 15 is 0 Å². The Hall–Kier alpha value is -3.68. The van der Waals surface area contributed by atoms with Gasteiger partial charge in [0.15, 0.2) is 12.4 Å². The second-order valence-electron chi connectivity index (χ2n) is 6.89. The van der Waals surface area contributed by atoms with Gasteiger partial charge in [0.1, 0.15) is 11.5 Å². The van der Waals surface area contributed by atoms with Crippen molar-refractivity contribution in [1.29, 1.82) is 0 Å². The van der Waals surface area contributed by atoms with E-state index in [4.69, 9.17) is 9.15 Å². The van der Waals surface area contributed by atoms with Crippen molar-refractivity contribution in [3.05, 3.63) is 53.8 Å². The lowest BCUT2D eigenvalue weighted by atomic mass is 10.1. The fourth-order valence-corrected chi connectivity index (χ4v) is 2.78. The van der Waals surface area contributed by atoms with E-state index in [0.29, 0.717) is 22.4 Å². The van der Waals surface area contributed by atoms with Gasteiger partial charge in [-0.05, 0) is 44.5 Å². The molecule has 1 atom stereocenters. The molecule has 2 heterocycles. The van der Waals surface area contributed by atoms with Gasteiger partial charge in [0, 0.05) is 11.4 Å². The molecule has 0 aliphatic carbocycles. The topological polar surface area (TPSA) is 111 Å². The Morgan fingerprint density at radius 1 is 1.17 bits per heavy atom. The number of carbonyl (C=O) groups is 3. The molecule has 0 radical (unpaired) electrons. The highest BCUT2D eigenvalue weighted by molar-refractivity contribution is 6.05. The van der Waals surface area contributed by atoms with Crippen molar-refractivity contribution in [2.45, 2.75) is 33.2 Å². The third-order valence-electron chi connectivity index (χ3n) is 4.51. The highest BCUT2D eigenvalue weighted by Gasteiger charge is 2.18. The molecule has 0 unspecified atom stereocenters. The fraction of sp³-hybridized carbons (Fsp3) is 0.273. The normalized spacial score (nSPS) is 11.7. The summed E-state index contributed by atoms with van der Waals surface area (Å²) in [6.07, 6.45) is 0.725. The van der Waals surface area contributed by atoms with Crippen molar-refractivity contribution in [2.75, 3.05) is 6.61 Å². The zero-order valence-corrected chi connectivity index (χ0v) is 17.0. The van der Waals surface area contributed by atoms with Crippen LogP contribution in [-0.2, 0) is 9.53 Å². The number of nitrogens with one attached hydrogen (secondary N) is 2. The maximum absolute atomic E-state index is 12.7. The van der Waals surface area contributed by atoms with Gasteiger partial charge in [-0.2, -0.15) is 0 Å². The molecule has 0 spiro atoms. The number of aryl methyl sites for hydroxylation is 1. The number of aromatic nitrogens is 1. The fourth-order valence-electron chi connectivity index (χ4n) is 2.78. The lowest BCUT2D eigenvalue weighted by Crippen LogP contribution is -2.44. The van der Waals surface area contributed by atoms with Crippen LogP contribution in [0.15, 0.2) is 46.9 Å². The average Bonchev–Trinajstić information content (AvgIpc) is 3.17. The van der Waals surface area contributed by atoms with E-state index in [2.05, 4.69) is 15.6 Å². The predicted octanol–water partition coefficient (Wildman–Crippen LogP) is 3.58. The Balaban J connectivity index is 1.76. The van der Waals surface area contributed by atoms with Crippen molar-refractivity contribution in [3.63, 3.8) is 0 Å². The number of pyridine rings is 1. The Morgan fingerprint density at radius 2 is 1.93 bits per heavy atom. The number of urea groups is 1. The molecule has 0 aliphatic rings. The zero-order chi connectivity index (χ0) is 21.7. The van der Waals surface area contributed by atoms with Crippen LogP contribution in [0.1, 0.15) is 36.4 Å². The van der Waals surface area contributed by atoms with E-state index in [1.54, 1.807) is 36.4 Å². The highest BCUT2D eigenvalue weighted by atomic mass is 16.5. The van der Waals surface area contributed by atoms with Gasteiger partial charge in [-0.3, -0.25) is 10.1 Å². The summed E-state index contributed by atoms with van der Waals surface area (Å²) < 4.78 is 10.7. The molecular formula is C22H23N3O5. The van der Waals surface area contributed by atoms with Crippen LogP contribution in [0.4, 0.5) is 4.79 Å². The van der Waals surface area contributed by atoms with E-state index in [9.17, 15) is 14.4 Å². The van der Waals surface area contributed by atoms with Crippen LogP contribution in [0, 0.1) is 6.92 Å². The van der Waals surface area contributed by atoms with Gasteiger partial charge in [0.2, 0.25) is 0 Å². The summed E-state index contributed by atoms with van der Waals surface area (Å²) in [4.78, 5) is 40.9. The molecule has 156 valence electrons. The Morgan fingerprint density at radius 3 is 2.63 bits per heavy atom. The molecule has 3 aromatic rings. The number of hydrogen-bond donors (Lipinski definition) is 2. The number of furan rings is 1. The van der Waals surface area contributed by atoms with E-state index in [0.717, 1.165) is 12.2 Å². The van der Waals surface area contributed by atoms with Crippen LogP contribution in [0.2, 0.25) is 0 Å². The van der Waals surface area contributed by atoms with Gasteiger partial charge < -0.3 is 14.5 Å². The van der Waals surface area contributed by atoms with Gasteiger partial charge in [-0.15, -0.1) is 0 Å². The summed E-state index contributed by atoms with van der Waals surface area (Å²) in [5, 5.41) is 5.32. The maximum atomic E-state index is 12.7. The number of esters is 1. The molecule has 0 bridgehead atoms. The number of para-hydroxylation sites is 1. The molecule has 30 heavy (non-hydrogen) atoms. The number of carbonyl (C=O) groups excluding carboxylic acids is 3. The minimum Gasteiger partial charge on any atom is -0.460 e. The number of fused-ring (bicyclic) bond motifs is 1. The highest BCUT2D eigenvalue weighted by Crippen LogP contribution is 2.26. The summed E-state index contributed by atoms with van der Waals surface area (Å²) in [7, 11) is 0. The standard InChI is InChI=1S/C22H23N3O5/c1-4-13(2)23-22(28)25-20(26)12-29-21(27)16-11-18(19-10-9-14(3)30-19)24-17-8-6-5-7-15(16)17/h5-11,13H,4,12H2,1-3H3,(H2,23,25,26,28)/t13-/m0/s1. The smallest absolute Gasteiger partial charge is 0.339 e. The first-order chi connectivity index (χ1) is 14.4. The third kappa shape index (κ3) is 5.02.